The molecule has 2 aromatic rings. The Labute approximate surface area is 124 Å². The molecule has 0 aliphatic heterocycles. The minimum absolute atomic E-state index is 0.561. The molecule has 0 amide bonds. The number of pyridine rings is 1. The Kier molecular flexibility index (Phi) is 5.15. The van der Waals surface area contributed by atoms with Crippen LogP contribution in [0.1, 0.15) is 12.8 Å². The third-order valence-corrected chi connectivity index (χ3v) is 3.04. The Morgan fingerprint density at radius 3 is 2.71 bits per heavy atom. The van der Waals surface area contributed by atoms with Crippen LogP contribution in [-0.2, 0) is 4.79 Å². The first-order valence-corrected chi connectivity index (χ1v) is 6.83. The third-order valence-electron chi connectivity index (χ3n) is 3.04. The van der Waals surface area contributed by atoms with Crippen LogP contribution in [0, 0.1) is 0 Å². The second-order valence-corrected chi connectivity index (χ2v) is 4.75. The van der Waals surface area contributed by atoms with Crippen molar-refractivity contribution in [3.63, 3.8) is 0 Å². The molecule has 2 N–H and O–H groups in total. The average Bonchev–Trinajstić information content (AvgIpc) is 2.50. The zero-order valence-corrected chi connectivity index (χ0v) is 12.0. The lowest BCUT2D eigenvalue weighted by atomic mass is 10.3. The molecule has 0 unspecified atom stereocenters. The zero-order valence-electron chi connectivity index (χ0n) is 12.0. The van der Waals surface area contributed by atoms with Crippen molar-refractivity contribution in [1.82, 2.24) is 4.98 Å². The molecule has 0 bridgehead atoms. The Balaban J connectivity index is 2.03. The van der Waals surface area contributed by atoms with E-state index in [1.54, 1.807) is 24.4 Å². The van der Waals surface area contributed by atoms with Crippen LogP contribution in [0.5, 0.6) is 11.5 Å². The highest BCUT2D eigenvalue weighted by Crippen LogP contribution is 2.24. The lowest BCUT2D eigenvalue weighted by Gasteiger charge is -2.18. The first-order valence-electron chi connectivity index (χ1n) is 6.83. The largest absolute Gasteiger partial charge is 0.457 e. The van der Waals surface area contributed by atoms with Gasteiger partial charge in [-0.15, -0.1) is 0 Å². The highest BCUT2D eigenvalue weighted by molar-refractivity contribution is 5.49. The van der Waals surface area contributed by atoms with E-state index >= 15 is 0 Å². The molecule has 0 atom stereocenters. The number of carbonyl (C=O) groups excluding carboxylic acids is 1. The number of nitrogens with two attached hydrogens (primary N) is 1. The fourth-order valence-corrected chi connectivity index (χ4v) is 1.87. The van der Waals surface area contributed by atoms with Gasteiger partial charge in [0.05, 0.1) is 0 Å². The molecular formula is C16H19N3O2. The quantitative estimate of drug-likeness (QED) is 0.481. The number of carbonyl (C=O) groups is 1. The maximum absolute atomic E-state index is 10.3. The summed E-state index contributed by atoms with van der Waals surface area (Å²) in [6.07, 6.45) is 4.01. The fourth-order valence-electron chi connectivity index (χ4n) is 1.87. The molecule has 1 aromatic heterocycles. The molecular weight excluding hydrogens is 266 g/mol. The monoisotopic (exact) mass is 285 g/mol. The van der Waals surface area contributed by atoms with Crippen LogP contribution in [0.15, 0.2) is 42.6 Å². The van der Waals surface area contributed by atoms with E-state index < -0.39 is 0 Å². The van der Waals surface area contributed by atoms with Gasteiger partial charge in [-0.25, -0.2) is 4.98 Å². The van der Waals surface area contributed by atoms with E-state index in [4.69, 9.17) is 10.5 Å². The van der Waals surface area contributed by atoms with Crippen LogP contribution >= 0.6 is 0 Å². The highest BCUT2D eigenvalue weighted by atomic mass is 16.5. The summed E-state index contributed by atoms with van der Waals surface area (Å²) in [6.45, 7) is 0.775. The van der Waals surface area contributed by atoms with Crippen molar-refractivity contribution >= 4 is 17.8 Å². The highest BCUT2D eigenvalue weighted by Gasteiger charge is 2.05. The van der Waals surface area contributed by atoms with Gasteiger partial charge in [-0.1, -0.05) is 0 Å². The summed E-state index contributed by atoms with van der Waals surface area (Å²) in [5.74, 6) is 2.26. The molecule has 5 nitrogen and oxygen atoms in total. The fraction of sp³-hybridized carbons (Fsp3) is 0.250. The summed E-state index contributed by atoms with van der Waals surface area (Å²) in [5.41, 5.74) is 6.35. The Morgan fingerprint density at radius 1 is 1.24 bits per heavy atom. The molecule has 1 heterocycles. The van der Waals surface area contributed by atoms with Crippen LogP contribution in [0.2, 0.25) is 0 Å². The van der Waals surface area contributed by atoms with Gasteiger partial charge in [0.15, 0.2) is 0 Å². The maximum atomic E-state index is 10.3. The van der Waals surface area contributed by atoms with Gasteiger partial charge < -0.3 is 20.2 Å². The SMILES string of the molecule is CN(CCCC=O)c1cc(Oc2ccc(N)cc2)ccn1. The van der Waals surface area contributed by atoms with Crippen molar-refractivity contribution in [3.05, 3.63) is 42.6 Å². The molecule has 21 heavy (non-hydrogen) atoms. The smallest absolute Gasteiger partial charge is 0.132 e. The normalized spacial score (nSPS) is 10.1. The van der Waals surface area contributed by atoms with E-state index in [9.17, 15) is 4.79 Å². The van der Waals surface area contributed by atoms with E-state index in [0.29, 0.717) is 17.9 Å². The molecule has 0 radical (unpaired) electrons. The first kappa shape index (κ1) is 14.8. The van der Waals surface area contributed by atoms with Gasteiger partial charge in [-0.05, 0) is 36.8 Å². The average molecular weight is 285 g/mol. The van der Waals surface area contributed by atoms with Gasteiger partial charge in [-0.3, -0.25) is 0 Å². The number of rotatable bonds is 7. The lowest BCUT2D eigenvalue weighted by molar-refractivity contribution is -0.107. The van der Waals surface area contributed by atoms with Crippen LogP contribution in [0.4, 0.5) is 11.5 Å². The van der Waals surface area contributed by atoms with Crippen LogP contribution in [-0.4, -0.2) is 24.9 Å². The van der Waals surface area contributed by atoms with Crippen molar-refractivity contribution in [2.45, 2.75) is 12.8 Å². The number of nitrogens with zero attached hydrogens (tertiary/aromatic N) is 2. The number of aldehydes is 1. The molecule has 5 heteroatoms. The van der Waals surface area contributed by atoms with E-state index in [2.05, 4.69) is 4.98 Å². The number of anilines is 2. The van der Waals surface area contributed by atoms with Gasteiger partial charge in [0.1, 0.15) is 23.6 Å². The molecule has 0 saturated heterocycles. The summed E-state index contributed by atoms with van der Waals surface area (Å²) < 4.78 is 5.77. The first-order chi connectivity index (χ1) is 10.2. The summed E-state index contributed by atoms with van der Waals surface area (Å²) in [6, 6.07) is 10.9. The standard InChI is InChI=1S/C16H19N3O2/c1-19(10-2-3-11-20)16-12-15(8-9-18-16)21-14-6-4-13(17)5-7-14/h4-9,11-12H,2-3,10,17H2,1H3. The van der Waals surface area contributed by atoms with E-state index in [-0.39, 0.29) is 0 Å². The maximum Gasteiger partial charge on any atom is 0.132 e. The predicted octanol–water partition coefficient (Wildman–Crippen LogP) is 2.87. The van der Waals surface area contributed by atoms with E-state index in [1.165, 1.54) is 0 Å². The predicted molar refractivity (Wildman–Crippen MR) is 83.7 cm³/mol. The van der Waals surface area contributed by atoms with E-state index in [0.717, 1.165) is 30.8 Å². The summed E-state index contributed by atoms with van der Waals surface area (Å²) in [7, 11) is 1.94. The van der Waals surface area contributed by atoms with Crippen LogP contribution in [0.25, 0.3) is 0 Å². The second kappa shape index (κ2) is 7.28. The molecule has 0 aliphatic carbocycles. The minimum Gasteiger partial charge on any atom is -0.457 e. The summed E-state index contributed by atoms with van der Waals surface area (Å²) in [4.78, 5) is 16.7. The molecule has 0 spiro atoms. The van der Waals surface area contributed by atoms with Gasteiger partial charge in [0.2, 0.25) is 0 Å². The molecule has 1 aromatic carbocycles. The van der Waals surface area contributed by atoms with Crippen molar-refractivity contribution in [2.24, 2.45) is 0 Å². The van der Waals surface area contributed by atoms with Crippen molar-refractivity contribution in [2.75, 3.05) is 24.2 Å². The number of nitrogen functional groups attached to an aromatic ring is 1. The Hall–Kier alpha value is -2.56. The van der Waals surface area contributed by atoms with Crippen LogP contribution < -0.4 is 15.4 Å². The van der Waals surface area contributed by atoms with Crippen molar-refractivity contribution in [1.29, 1.82) is 0 Å². The molecule has 0 fully saturated rings. The summed E-state index contributed by atoms with van der Waals surface area (Å²) >= 11 is 0. The van der Waals surface area contributed by atoms with Gasteiger partial charge >= 0.3 is 0 Å². The number of aromatic nitrogens is 1. The topological polar surface area (TPSA) is 68.5 Å². The number of unbranched alkanes of at least 4 members (excludes halogenated alkanes) is 1. The Bertz CT molecular complexity index is 584. The number of hydrogen-bond donors (Lipinski definition) is 1. The van der Waals surface area contributed by atoms with Crippen molar-refractivity contribution in [3.8, 4) is 11.5 Å². The van der Waals surface area contributed by atoms with Crippen LogP contribution in [0.3, 0.4) is 0 Å². The van der Waals surface area contributed by atoms with Gasteiger partial charge in [-0.2, -0.15) is 0 Å². The molecule has 2 rings (SSSR count). The molecule has 0 aliphatic rings. The summed E-state index contributed by atoms with van der Waals surface area (Å²) in [5, 5.41) is 0. The zero-order chi connectivity index (χ0) is 15.1. The molecule has 0 saturated carbocycles. The third kappa shape index (κ3) is 4.49. The van der Waals surface area contributed by atoms with Crippen molar-refractivity contribution < 1.29 is 9.53 Å². The molecule has 110 valence electrons. The number of hydrogen-bond acceptors (Lipinski definition) is 5. The minimum atomic E-state index is 0.561. The van der Waals surface area contributed by atoms with E-state index in [1.807, 2.05) is 30.1 Å². The number of benzene rings is 1. The number of ether oxygens (including phenoxy) is 1. The Morgan fingerprint density at radius 2 is 2.00 bits per heavy atom. The second-order valence-electron chi connectivity index (χ2n) is 4.75. The van der Waals surface area contributed by atoms with Gasteiger partial charge in [0, 0.05) is 38.0 Å². The van der Waals surface area contributed by atoms with Gasteiger partial charge in [0.25, 0.3) is 0 Å². The lowest BCUT2D eigenvalue weighted by Crippen LogP contribution is -2.19.